The summed E-state index contributed by atoms with van der Waals surface area (Å²) in [4.78, 5) is 27.2. The number of carbonyl (C=O) groups is 2. The number of ether oxygens (including phenoxy) is 1. The summed E-state index contributed by atoms with van der Waals surface area (Å²) in [6.07, 6.45) is 2.59. The van der Waals surface area contributed by atoms with Gasteiger partial charge in [-0.25, -0.2) is 4.79 Å². The quantitative estimate of drug-likeness (QED) is 0.266. The van der Waals surface area contributed by atoms with Gasteiger partial charge in [0.1, 0.15) is 5.60 Å². The lowest BCUT2D eigenvalue weighted by Gasteiger charge is -2.24. The van der Waals surface area contributed by atoms with Crippen LogP contribution in [-0.2, 0) is 9.53 Å². The van der Waals surface area contributed by atoms with Crippen molar-refractivity contribution in [1.29, 1.82) is 0 Å². The molecule has 0 rings (SSSR count). The molecule has 0 aliphatic heterocycles. The fourth-order valence-corrected chi connectivity index (χ4v) is 2.11. The number of hydrogen-bond donors (Lipinski definition) is 4. The Kier molecular flexibility index (Phi) is 12.2. The predicted octanol–water partition coefficient (Wildman–Crippen LogP) is 1.76. The highest BCUT2D eigenvalue weighted by molar-refractivity contribution is 5.80. The van der Waals surface area contributed by atoms with Gasteiger partial charge in [-0.2, -0.15) is 0 Å². The molecule has 0 radical (unpaired) electrons. The first-order chi connectivity index (χ1) is 12.2. The number of amides is 2. The van der Waals surface area contributed by atoms with E-state index in [0.717, 1.165) is 25.8 Å². The molecule has 1 atom stereocenters. The number of nitrogens with zero attached hydrogens (tertiary/aromatic N) is 1. The Balaban J connectivity index is 4.66. The van der Waals surface area contributed by atoms with Crippen LogP contribution in [0.2, 0.25) is 0 Å². The monoisotopic (exact) mass is 371 g/mol. The maximum absolute atomic E-state index is 11.9. The third kappa shape index (κ3) is 14.4. The molecule has 0 aromatic heterocycles. The van der Waals surface area contributed by atoms with Crippen molar-refractivity contribution >= 4 is 18.0 Å². The van der Waals surface area contributed by atoms with Crippen LogP contribution in [0, 0.1) is 0 Å². The van der Waals surface area contributed by atoms with E-state index < -0.39 is 11.7 Å². The average molecular weight is 372 g/mol. The molecule has 0 spiro atoms. The normalized spacial score (nSPS) is 12.9. The standard InChI is InChI=1S/C18H37N5O3/c1-7-9-10-15(13-22-17(25)26-18(4,5)6)23-16(19-8-2)21-12-11-20-14(3)24/h15H,7-13H2,1-6H3,(H,20,24)(H,22,25)(H2,19,21,23). The second-order valence-corrected chi connectivity index (χ2v) is 7.11. The second-order valence-electron chi connectivity index (χ2n) is 7.11. The van der Waals surface area contributed by atoms with Gasteiger partial charge in [-0.15, -0.1) is 0 Å². The van der Waals surface area contributed by atoms with Crippen molar-refractivity contribution in [1.82, 2.24) is 21.3 Å². The Labute approximate surface area is 157 Å². The van der Waals surface area contributed by atoms with Gasteiger partial charge in [-0.3, -0.25) is 9.79 Å². The van der Waals surface area contributed by atoms with Crippen molar-refractivity contribution in [2.75, 3.05) is 26.2 Å². The minimum atomic E-state index is -0.517. The van der Waals surface area contributed by atoms with Crippen LogP contribution >= 0.6 is 0 Å². The lowest BCUT2D eigenvalue weighted by molar-refractivity contribution is -0.118. The van der Waals surface area contributed by atoms with Crippen LogP contribution in [0.3, 0.4) is 0 Å². The molecular weight excluding hydrogens is 334 g/mol. The molecule has 0 heterocycles. The lowest BCUT2D eigenvalue weighted by Crippen LogP contribution is -2.49. The Bertz CT molecular complexity index is 447. The molecule has 2 amide bonds. The fourth-order valence-electron chi connectivity index (χ4n) is 2.11. The molecular formula is C18H37N5O3. The summed E-state index contributed by atoms with van der Waals surface area (Å²) in [5.74, 6) is 0.602. The SMILES string of the molecule is CCCCC(CNC(=O)OC(C)(C)C)NC(=NCCNC(C)=O)NCC. The van der Waals surface area contributed by atoms with E-state index in [2.05, 4.69) is 33.2 Å². The number of alkyl carbamates (subject to hydrolysis) is 1. The first kappa shape index (κ1) is 24.0. The van der Waals surface area contributed by atoms with Crippen LogP contribution in [-0.4, -0.2) is 55.8 Å². The Morgan fingerprint density at radius 3 is 2.35 bits per heavy atom. The first-order valence-electron chi connectivity index (χ1n) is 9.44. The van der Waals surface area contributed by atoms with Crippen molar-refractivity contribution in [3.63, 3.8) is 0 Å². The zero-order valence-electron chi connectivity index (χ0n) is 17.2. The molecule has 152 valence electrons. The van der Waals surface area contributed by atoms with E-state index in [0.29, 0.717) is 25.6 Å². The van der Waals surface area contributed by atoms with E-state index in [4.69, 9.17) is 4.74 Å². The van der Waals surface area contributed by atoms with E-state index >= 15 is 0 Å². The van der Waals surface area contributed by atoms with Crippen molar-refractivity contribution < 1.29 is 14.3 Å². The molecule has 0 saturated carbocycles. The summed E-state index contributed by atoms with van der Waals surface area (Å²) < 4.78 is 5.28. The van der Waals surface area contributed by atoms with Crippen molar-refractivity contribution in [2.24, 2.45) is 4.99 Å². The zero-order valence-corrected chi connectivity index (χ0v) is 17.2. The van der Waals surface area contributed by atoms with Gasteiger partial charge in [0.25, 0.3) is 0 Å². The number of guanidine groups is 1. The van der Waals surface area contributed by atoms with Gasteiger partial charge in [-0.1, -0.05) is 19.8 Å². The lowest BCUT2D eigenvalue weighted by atomic mass is 10.1. The Hall–Kier alpha value is -1.99. The van der Waals surface area contributed by atoms with Crippen LogP contribution in [0.1, 0.15) is 60.8 Å². The third-order valence-electron chi connectivity index (χ3n) is 3.24. The number of nitrogens with one attached hydrogen (secondary N) is 4. The van der Waals surface area contributed by atoms with E-state index in [-0.39, 0.29) is 11.9 Å². The molecule has 0 aliphatic rings. The highest BCUT2D eigenvalue weighted by Crippen LogP contribution is 2.07. The van der Waals surface area contributed by atoms with Crippen molar-refractivity contribution in [2.45, 2.75) is 72.4 Å². The van der Waals surface area contributed by atoms with Crippen LogP contribution in [0.5, 0.6) is 0 Å². The summed E-state index contributed by atoms with van der Waals surface area (Å²) in [5.41, 5.74) is -0.517. The third-order valence-corrected chi connectivity index (χ3v) is 3.24. The largest absolute Gasteiger partial charge is 0.444 e. The molecule has 0 aliphatic carbocycles. The highest BCUT2D eigenvalue weighted by Gasteiger charge is 2.18. The van der Waals surface area contributed by atoms with Gasteiger partial charge in [0, 0.05) is 32.6 Å². The Morgan fingerprint density at radius 2 is 1.81 bits per heavy atom. The van der Waals surface area contributed by atoms with Crippen LogP contribution in [0.15, 0.2) is 4.99 Å². The molecule has 0 aromatic carbocycles. The second kappa shape index (κ2) is 13.2. The highest BCUT2D eigenvalue weighted by atomic mass is 16.6. The van der Waals surface area contributed by atoms with Crippen LogP contribution in [0.25, 0.3) is 0 Å². The molecule has 0 aromatic rings. The predicted molar refractivity (Wildman–Crippen MR) is 105 cm³/mol. The van der Waals surface area contributed by atoms with Crippen molar-refractivity contribution in [3.05, 3.63) is 0 Å². The fraction of sp³-hybridized carbons (Fsp3) is 0.833. The smallest absolute Gasteiger partial charge is 0.407 e. The molecule has 4 N–H and O–H groups in total. The van der Waals surface area contributed by atoms with E-state index in [1.807, 2.05) is 27.7 Å². The molecule has 26 heavy (non-hydrogen) atoms. The van der Waals surface area contributed by atoms with Crippen molar-refractivity contribution in [3.8, 4) is 0 Å². The number of carbonyl (C=O) groups excluding carboxylic acids is 2. The Morgan fingerprint density at radius 1 is 1.12 bits per heavy atom. The van der Waals surface area contributed by atoms with E-state index in [1.165, 1.54) is 6.92 Å². The van der Waals surface area contributed by atoms with Gasteiger partial charge in [0.15, 0.2) is 5.96 Å². The number of rotatable bonds is 10. The minimum absolute atomic E-state index is 0.0426. The van der Waals surface area contributed by atoms with Gasteiger partial charge < -0.3 is 26.0 Å². The number of hydrogen-bond acceptors (Lipinski definition) is 4. The zero-order chi connectivity index (χ0) is 20.0. The van der Waals surface area contributed by atoms with Crippen LogP contribution < -0.4 is 21.3 Å². The molecule has 0 fully saturated rings. The minimum Gasteiger partial charge on any atom is -0.444 e. The van der Waals surface area contributed by atoms with Gasteiger partial charge in [0.2, 0.25) is 5.91 Å². The summed E-state index contributed by atoms with van der Waals surface area (Å²) >= 11 is 0. The molecule has 8 heteroatoms. The van der Waals surface area contributed by atoms with E-state index in [1.54, 1.807) is 0 Å². The average Bonchev–Trinajstić information content (AvgIpc) is 2.52. The molecule has 0 saturated heterocycles. The van der Waals surface area contributed by atoms with E-state index in [9.17, 15) is 9.59 Å². The van der Waals surface area contributed by atoms with Gasteiger partial charge in [0.05, 0.1) is 6.54 Å². The van der Waals surface area contributed by atoms with Gasteiger partial charge >= 0.3 is 6.09 Å². The first-order valence-corrected chi connectivity index (χ1v) is 9.44. The molecule has 0 bridgehead atoms. The van der Waals surface area contributed by atoms with Gasteiger partial charge in [-0.05, 0) is 34.1 Å². The summed E-state index contributed by atoms with van der Waals surface area (Å²) in [6.45, 7) is 13.3. The summed E-state index contributed by atoms with van der Waals surface area (Å²) in [6, 6.07) is 0.0426. The van der Waals surface area contributed by atoms with Crippen LogP contribution in [0.4, 0.5) is 4.79 Å². The topological polar surface area (TPSA) is 104 Å². The summed E-state index contributed by atoms with van der Waals surface area (Å²) in [7, 11) is 0. The molecule has 8 nitrogen and oxygen atoms in total. The summed E-state index contributed by atoms with van der Waals surface area (Å²) in [5, 5.41) is 12.1. The molecule has 1 unspecified atom stereocenters. The maximum Gasteiger partial charge on any atom is 0.407 e. The maximum atomic E-state index is 11.9. The number of aliphatic imine (C=N–C) groups is 1. The number of unbranched alkanes of at least 4 members (excludes halogenated alkanes) is 1.